The standard InChI is InChI=1S/C34H36F2N6O2/c1-7-28(43)40-16-21(6)41(17-20(40)5)32-25-15-27(36)30(24-14-23(22-8-9-22)10-11-26(24)35)38-33(25)42(34(44)39-32)31-19(4)12-13-37-29(31)18(2)3/h7,10-15,18,20-22H,1,8-9,16-17H2,2-6H3/t20-,21+/m1/s1. The lowest BCUT2D eigenvalue weighted by atomic mass is 10.0. The van der Waals surface area contributed by atoms with Crippen LogP contribution in [0, 0.1) is 18.6 Å². The molecular formula is C34H36F2N6O2. The molecule has 10 heteroatoms. The Kier molecular flexibility index (Phi) is 7.55. The number of amides is 1. The maximum absolute atomic E-state index is 16.2. The molecule has 0 unspecified atom stereocenters. The van der Waals surface area contributed by atoms with Gasteiger partial charge in [-0.3, -0.25) is 9.78 Å². The SMILES string of the molecule is C=CC(=O)N1C[C@H](C)N(c2nc(=O)n(-c3c(C)ccnc3C(C)C)c3nc(-c4cc(C5CC5)ccc4F)c(F)cc23)C[C@H]1C. The lowest BCUT2D eigenvalue weighted by Gasteiger charge is -2.44. The highest BCUT2D eigenvalue weighted by Crippen LogP contribution is 2.42. The molecule has 1 aliphatic carbocycles. The second-order valence-corrected chi connectivity index (χ2v) is 12.3. The fourth-order valence-electron chi connectivity index (χ4n) is 6.24. The number of fused-ring (bicyclic) bond motifs is 1. The Balaban J connectivity index is 1.63. The molecule has 1 aliphatic heterocycles. The lowest BCUT2D eigenvalue weighted by Crippen LogP contribution is -2.58. The van der Waals surface area contributed by atoms with Crippen LogP contribution in [0.25, 0.3) is 28.0 Å². The summed E-state index contributed by atoms with van der Waals surface area (Å²) in [5, 5.41) is 0.310. The Bertz CT molecular complexity index is 1870. The summed E-state index contributed by atoms with van der Waals surface area (Å²) in [4.78, 5) is 44.1. The molecule has 1 saturated heterocycles. The van der Waals surface area contributed by atoms with Crippen molar-refractivity contribution in [1.29, 1.82) is 0 Å². The molecule has 0 spiro atoms. The smallest absolute Gasteiger partial charge is 0.349 e. The first kappa shape index (κ1) is 29.6. The van der Waals surface area contributed by atoms with Crippen molar-refractivity contribution in [3.05, 3.63) is 88.1 Å². The second kappa shape index (κ2) is 11.2. The average molecular weight is 599 g/mol. The van der Waals surface area contributed by atoms with Gasteiger partial charge in [0.15, 0.2) is 5.65 Å². The summed E-state index contributed by atoms with van der Waals surface area (Å²) in [5.41, 5.74) is 2.34. The Morgan fingerprint density at radius 2 is 1.80 bits per heavy atom. The van der Waals surface area contributed by atoms with Gasteiger partial charge in [0, 0.05) is 36.9 Å². The van der Waals surface area contributed by atoms with Crippen LogP contribution < -0.4 is 10.6 Å². The van der Waals surface area contributed by atoms with Crippen molar-refractivity contribution in [2.45, 2.75) is 71.4 Å². The molecule has 4 aromatic rings. The lowest BCUT2D eigenvalue weighted by molar-refractivity contribution is -0.128. The van der Waals surface area contributed by atoms with E-state index in [1.807, 2.05) is 39.5 Å². The minimum absolute atomic E-state index is 0.0459. The number of benzene rings is 1. The first-order valence-corrected chi connectivity index (χ1v) is 15.1. The van der Waals surface area contributed by atoms with Gasteiger partial charge in [-0.1, -0.05) is 26.5 Å². The predicted octanol–water partition coefficient (Wildman–Crippen LogP) is 6.04. The van der Waals surface area contributed by atoms with E-state index in [1.165, 1.54) is 22.8 Å². The molecule has 2 aliphatic rings. The number of hydrogen-bond donors (Lipinski definition) is 0. The highest BCUT2D eigenvalue weighted by molar-refractivity contribution is 5.91. The highest BCUT2D eigenvalue weighted by atomic mass is 19.1. The van der Waals surface area contributed by atoms with E-state index in [1.54, 1.807) is 29.3 Å². The normalized spacial score (nSPS) is 18.7. The molecule has 6 rings (SSSR count). The third kappa shape index (κ3) is 5.06. The fourth-order valence-corrected chi connectivity index (χ4v) is 6.24. The number of halogens is 2. The molecule has 1 saturated carbocycles. The molecule has 3 aromatic heterocycles. The van der Waals surface area contributed by atoms with Gasteiger partial charge in [0.25, 0.3) is 0 Å². The van der Waals surface area contributed by atoms with E-state index in [4.69, 9.17) is 4.98 Å². The van der Waals surface area contributed by atoms with Crippen LogP contribution >= 0.6 is 0 Å². The Hall–Kier alpha value is -4.47. The van der Waals surface area contributed by atoms with E-state index in [9.17, 15) is 9.59 Å². The van der Waals surface area contributed by atoms with Crippen molar-refractivity contribution in [2.24, 2.45) is 0 Å². The quantitative estimate of drug-likeness (QED) is 0.252. The van der Waals surface area contributed by atoms with Gasteiger partial charge >= 0.3 is 5.69 Å². The highest BCUT2D eigenvalue weighted by Gasteiger charge is 2.34. The number of carbonyl (C=O) groups excluding carboxylic acids is 1. The van der Waals surface area contributed by atoms with Gasteiger partial charge in [0.1, 0.15) is 23.1 Å². The van der Waals surface area contributed by atoms with Crippen molar-refractivity contribution in [3.8, 4) is 16.9 Å². The van der Waals surface area contributed by atoms with Gasteiger partial charge in [0.05, 0.1) is 16.8 Å². The minimum atomic E-state index is -0.717. The van der Waals surface area contributed by atoms with Crippen molar-refractivity contribution in [3.63, 3.8) is 0 Å². The zero-order valence-electron chi connectivity index (χ0n) is 25.6. The molecule has 1 amide bonds. The number of piperazine rings is 1. The summed E-state index contributed by atoms with van der Waals surface area (Å²) < 4.78 is 32.8. The molecule has 2 fully saturated rings. The summed E-state index contributed by atoms with van der Waals surface area (Å²) in [6.45, 7) is 14.0. The van der Waals surface area contributed by atoms with Gasteiger partial charge in [-0.2, -0.15) is 4.98 Å². The number of carbonyl (C=O) groups is 1. The zero-order chi connectivity index (χ0) is 31.4. The number of pyridine rings is 2. The monoisotopic (exact) mass is 598 g/mol. The molecule has 1 aromatic carbocycles. The van der Waals surface area contributed by atoms with Crippen LogP contribution in [0.5, 0.6) is 0 Å². The van der Waals surface area contributed by atoms with Gasteiger partial charge < -0.3 is 9.80 Å². The van der Waals surface area contributed by atoms with Crippen LogP contribution in [0.3, 0.4) is 0 Å². The predicted molar refractivity (Wildman–Crippen MR) is 167 cm³/mol. The van der Waals surface area contributed by atoms with E-state index in [0.29, 0.717) is 35.8 Å². The van der Waals surface area contributed by atoms with Crippen molar-refractivity contribution in [2.75, 3.05) is 18.0 Å². The number of aromatic nitrogens is 4. The topological polar surface area (TPSA) is 84.2 Å². The maximum Gasteiger partial charge on any atom is 0.355 e. The third-order valence-corrected chi connectivity index (χ3v) is 8.74. The molecule has 0 N–H and O–H groups in total. The molecular weight excluding hydrogens is 562 g/mol. The number of hydrogen-bond acceptors (Lipinski definition) is 6. The van der Waals surface area contributed by atoms with Crippen molar-refractivity contribution in [1.82, 2.24) is 24.4 Å². The Morgan fingerprint density at radius 1 is 1.05 bits per heavy atom. The first-order valence-electron chi connectivity index (χ1n) is 15.1. The van der Waals surface area contributed by atoms with Gasteiger partial charge in [-0.25, -0.2) is 23.1 Å². The van der Waals surface area contributed by atoms with Crippen LogP contribution in [-0.2, 0) is 4.79 Å². The molecule has 4 heterocycles. The van der Waals surface area contributed by atoms with Crippen molar-refractivity contribution < 1.29 is 13.6 Å². The average Bonchev–Trinajstić information content (AvgIpc) is 3.84. The van der Waals surface area contributed by atoms with E-state index >= 15 is 8.78 Å². The molecule has 0 radical (unpaired) electrons. The van der Waals surface area contributed by atoms with Crippen LogP contribution in [-0.4, -0.2) is 55.5 Å². The third-order valence-electron chi connectivity index (χ3n) is 8.74. The number of aryl methyl sites for hydroxylation is 1. The summed E-state index contributed by atoms with van der Waals surface area (Å²) in [6, 6.07) is 7.40. The maximum atomic E-state index is 16.2. The molecule has 0 bridgehead atoms. The summed E-state index contributed by atoms with van der Waals surface area (Å²) in [7, 11) is 0. The van der Waals surface area contributed by atoms with E-state index < -0.39 is 17.3 Å². The van der Waals surface area contributed by atoms with Crippen molar-refractivity contribution >= 4 is 22.8 Å². The minimum Gasteiger partial charge on any atom is -0.349 e. The Labute approximate surface area is 255 Å². The molecule has 228 valence electrons. The summed E-state index contributed by atoms with van der Waals surface area (Å²) >= 11 is 0. The van der Waals surface area contributed by atoms with Gasteiger partial charge in [0.2, 0.25) is 5.91 Å². The Morgan fingerprint density at radius 3 is 2.48 bits per heavy atom. The molecule has 44 heavy (non-hydrogen) atoms. The van der Waals surface area contributed by atoms with E-state index in [-0.39, 0.29) is 46.6 Å². The van der Waals surface area contributed by atoms with Crippen LogP contribution in [0.2, 0.25) is 0 Å². The van der Waals surface area contributed by atoms with E-state index in [0.717, 1.165) is 24.0 Å². The second-order valence-electron chi connectivity index (χ2n) is 12.3. The van der Waals surface area contributed by atoms with Crippen LogP contribution in [0.4, 0.5) is 14.6 Å². The fraction of sp³-hybridized carbons (Fsp3) is 0.382. The number of nitrogens with zero attached hydrogens (tertiary/aromatic N) is 6. The summed E-state index contributed by atoms with van der Waals surface area (Å²) in [5.74, 6) is -0.938. The molecule has 8 nitrogen and oxygen atoms in total. The summed E-state index contributed by atoms with van der Waals surface area (Å²) in [6.07, 6.45) is 4.99. The largest absolute Gasteiger partial charge is 0.355 e. The zero-order valence-corrected chi connectivity index (χ0v) is 25.6. The number of rotatable bonds is 6. The van der Waals surface area contributed by atoms with Gasteiger partial charge in [-0.15, -0.1) is 0 Å². The molecule has 2 atom stereocenters. The first-order chi connectivity index (χ1) is 21.0. The van der Waals surface area contributed by atoms with Gasteiger partial charge in [-0.05, 0) is 86.9 Å². The number of anilines is 1. The van der Waals surface area contributed by atoms with Crippen LogP contribution in [0.15, 0.2) is 54.0 Å². The van der Waals surface area contributed by atoms with Crippen LogP contribution in [0.1, 0.15) is 69.2 Å². The van der Waals surface area contributed by atoms with E-state index in [2.05, 4.69) is 16.5 Å².